The number of rotatable bonds is 5. The first-order chi connectivity index (χ1) is 9.94. The van der Waals surface area contributed by atoms with Gasteiger partial charge in [-0.1, -0.05) is 18.3 Å². The van der Waals surface area contributed by atoms with Gasteiger partial charge in [0.2, 0.25) is 0 Å². The third kappa shape index (κ3) is 4.16. The molecule has 3 nitrogen and oxygen atoms in total. The standard InChI is InChI=1S/C13H15F3N2OS2/c1-3-20-7-6-18-10-5-4-9(19-13(14,15)16)8-11(10)21-12(18)17-2/h4-5,8H,3,6-7H2,1-2H3. The van der Waals surface area contributed by atoms with Crippen molar-refractivity contribution in [2.45, 2.75) is 19.8 Å². The van der Waals surface area contributed by atoms with Crippen molar-refractivity contribution < 1.29 is 17.9 Å². The van der Waals surface area contributed by atoms with Crippen LogP contribution in [0.2, 0.25) is 0 Å². The van der Waals surface area contributed by atoms with Crippen molar-refractivity contribution in [1.29, 1.82) is 0 Å². The summed E-state index contributed by atoms with van der Waals surface area (Å²) in [6.45, 7) is 2.87. The van der Waals surface area contributed by atoms with Crippen LogP contribution in [0.5, 0.6) is 5.75 Å². The van der Waals surface area contributed by atoms with Crippen LogP contribution >= 0.6 is 23.1 Å². The minimum Gasteiger partial charge on any atom is -0.406 e. The van der Waals surface area contributed by atoms with E-state index < -0.39 is 6.36 Å². The Morgan fingerprint density at radius 1 is 1.38 bits per heavy atom. The maximum atomic E-state index is 12.3. The minimum absolute atomic E-state index is 0.200. The first kappa shape index (κ1) is 16.2. The van der Waals surface area contributed by atoms with Crippen molar-refractivity contribution in [1.82, 2.24) is 4.57 Å². The summed E-state index contributed by atoms with van der Waals surface area (Å²) >= 11 is 3.18. The monoisotopic (exact) mass is 336 g/mol. The lowest BCUT2D eigenvalue weighted by Gasteiger charge is -2.09. The molecule has 1 aromatic heterocycles. The number of ether oxygens (including phenoxy) is 1. The molecule has 2 rings (SSSR count). The molecule has 21 heavy (non-hydrogen) atoms. The second-order valence-corrected chi connectivity index (χ2v) is 6.54. The Hall–Kier alpha value is -1.15. The summed E-state index contributed by atoms with van der Waals surface area (Å²) in [5, 5.41) is 0. The molecule has 0 spiro atoms. The van der Waals surface area contributed by atoms with E-state index >= 15 is 0 Å². The van der Waals surface area contributed by atoms with Crippen molar-refractivity contribution in [2.24, 2.45) is 4.99 Å². The Balaban J connectivity index is 2.37. The zero-order valence-electron chi connectivity index (χ0n) is 11.6. The first-order valence-electron chi connectivity index (χ1n) is 6.34. The molecule has 116 valence electrons. The summed E-state index contributed by atoms with van der Waals surface area (Å²) in [5.74, 6) is 1.77. The number of thiazole rings is 1. The zero-order valence-corrected chi connectivity index (χ0v) is 13.2. The molecule has 0 saturated heterocycles. The maximum absolute atomic E-state index is 12.3. The Morgan fingerprint density at radius 3 is 2.76 bits per heavy atom. The summed E-state index contributed by atoms with van der Waals surface area (Å²) in [7, 11) is 1.68. The topological polar surface area (TPSA) is 26.5 Å². The van der Waals surface area contributed by atoms with Crippen LogP contribution in [0.4, 0.5) is 13.2 Å². The Labute approximate surface area is 128 Å². The van der Waals surface area contributed by atoms with Crippen LogP contribution in [-0.2, 0) is 6.54 Å². The minimum atomic E-state index is -4.67. The van der Waals surface area contributed by atoms with Crippen LogP contribution in [0.25, 0.3) is 10.2 Å². The lowest BCUT2D eigenvalue weighted by molar-refractivity contribution is -0.274. The normalized spacial score (nSPS) is 13.1. The molecule has 0 fully saturated rings. The highest BCUT2D eigenvalue weighted by Crippen LogP contribution is 2.28. The van der Waals surface area contributed by atoms with Crippen molar-refractivity contribution in [2.75, 3.05) is 18.6 Å². The molecule has 0 bridgehead atoms. The van der Waals surface area contributed by atoms with E-state index in [2.05, 4.69) is 16.7 Å². The van der Waals surface area contributed by atoms with Crippen LogP contribution in [0, 0.1) is 0 Å². The van der Waals surface area contributed by atoms with Crippen molar-refractivity contribution in [3.8, 4) is 5.75 Å². The van der Waals surface area contributed by atoms with Crippen LogP contribution in [0.3, 0.4) is 0 Å². The fourth-order valence-corrected chi connectivity index (χ4v) is 3.58. The Morgan fingerprint density at radius 2 is 2.14 bits per heavy atom. The summed E-state index contributed by atoms with van der Waals surface area (Å²) < 4.78 is 43.5. The molecular formula is C13H15F3N2OS2. The molecule has 1 aromatic carbocycles. The number of alkyl halides is 3. The average molecular weight is 336 g/mol. The zero-order chi connectivity index (χ0) is 15.5. The van der Waals surface area contributed by atoms with Gasteiger partial charge in [0.05, 0.1) is 10.2 Å². The maximum Gasteiger partial charge on any atom is 0.573 e. The van der Waals surface area contributed by atoms with Gasteiger partial charge in [0.1, 0.15) is 5.75 Å². The molecular weight excluding hydrogens is 321 g/mol. The molecule has 0 unspecified atom stereocenters. The van der Waals surface area contributed by atoms with E-state index in [1.54, 1.807) is 13.1 Å². The third-order valence-electron chi connectivity index (χ3n) is 2.74. The summed E-state index contributed by atoms with van der Waals surface area (Å²) in [6, 6.07) is 4.40. The number of aromatic nitrogens is 1. The van der Waals surface area contributed by atoms with Crippen LogP contribution < -0.4 is 9.54 Å². The number of halogens is 3. The largest absolute Gasteiger partial charge is 0.573 e. The number of fused-ring (bicyclic) bond motifs is 1. The number of hydrogen-bond donors (Lipinski definition) is 0. The van der Waals surface area contributed by atoms with E-state index in [9.17, 15) is 13.2 Å². The van der Waals surface area contributed by atoms with Crippen molar-refractivity contribution >= 4 is 33.3 Å². The van der Waals surface area contributed by atoms with Gasteiger partial charge in [0, 0.05) is 19.3 Å². The Bertz CT molecular complexity index is 676. The molecule has 0 aliphatic heterocycles. The summed E-state index contributed by atoms with van der Waals surface area (Å²) in [5.41, 5.74) is 0.881. The van der Waals surface area contributed by atoms with Gasteiger partial charge in [-0.25, -0.2) is 0 Å². The molecule has 1 heterocycles. The highest BCUT2D eigenvalue weighted by molar-refractivity contribution is 7.99. The van der Waals surface area contributed by atoms with Gasteiger partial charge in [-0.3, -0.25) is 4.99 Å². The smallest absolute Gasteiger partial charge is 0.406 e. The van der Waals surface area contributed by atoms with Crippen LogP contribution in [0.15, 0.2) is 23.2 Å². The van der Waals surface area contributed by atoms with E-state index in [0.717, 1.165) is 33.1 Å². The molecule has 0 atom stereocenters. The highest BCUT2D eigenvalue weighted by atomic mass is 32.2. The lowest BCUT2D eigenvalue weighted by Crippen LogP contribution is -2.17. The Kier molecular flexibility index (Phi) is 5.21. The van der Waals surface area contributed by atoms with E-state index in [-0.39, 0.29) is 5.75 Å². The molecule has 0 aliphatic rings. The lowest BCUT2D eigenvalue weighted by atomic mass is 10.3. The van der Waals surface area contributed by atoms with E-state index in [1.807, 2.05) is 16.3 Å². The molecule has 0 amide bonds. The number of nitrogens with zero attached hydrogens (tertiary/aromatic N) is 2. The van der Waals surface area contributed by atoms with Crippen molar-refractivity contribution in [3.05, 3.63) is 23.0 Å². The van der Waals surface area contributed by atoms with Gasteiger partial charge in [-0.15, -0.1) is 13.2 Å². The van der Waals surface area contributed by atoms with Gasteiger partial charge >= 0.3 is 6.36 Å². The predicted octanol–water partition coefficient (Wildman–Crippen LogP) is 3.89. The molecule has 0 aliphatic carbocycles. The third-order valence-corrected chi connectivity index (χ3v) is 4.75. The van der Waals surface area contributed by atoms with E-state index in [0.29, 0.717) is 0 Å². The van der Waals surface area contributed by atoms with Gasteiger partial charge in [0.25, 0.3) is 0 Å². The molecule has 8 heteroatoms. The van der Waals surface area contributed by atoms with E-state index in [1.165, 1.54) is 23.5 Å². The average Bonchev–Trinajstić information content (AvgIpc) is 2.74. The molecule has 2 aromatic rings. The number of hydrogen-bond acceptors (Lipinski definition) is 4. The number of aryl methyl sites for hydroxylation is 1. The number of thioether (sulfide) groups is 1. The van der Waals surface area contributed by atoms with Gasteiger partial charge in [-0.2, -0.15) is 11.8 Å². The summed E-state index contributed by atoms with van der Waals surface area (Å²) in [4.78, 5) is 5.00. The SMILES string of the molecule is CCSCCn1c(=NC)sc2cc(OC(F)(F)F)ccc21. The van der Waals surface area contributed by atoms with Gasteiger partial charge in [0.15, 0.2) is 4.80 Å². The predicted molar refractivity (Wildman–Crippen MR) is 81.0 cm³/mol. The first-order valence-corrected chi connectivity index (χ1v) is 8.31. The molecule has 0 radical (unpaired) electrons. The van der Waals surface area contributed by atoms with Gasteiger partial charge in [-0.05, 0) is 24.0 Å². The summed E-state index contributed by atoms with van der Waals surface area (Å²) in [6.07, 6.45) is -4.67. The quantitative estimate of drug-likeness (QED) is 0.775. The van der Waals surface area contributed by atoms with E-state index in [4.69, 9.17) is 0 Å². The number of benzene rings is 1. The van der Waals surface area contributed by atoms with Crippen molar-refractivity contribution in [3.63, 3.8) is 0 Å². The van der Waals surface area contributed by atoms with Crippen LogP contribution in [-0.4, -0.2) is 29.5 Å². The highest BCUT2D eigenvalue weighted by Gasteiger charge is 2.31. The molecule has 0 N–H and O–H groups in total. The molecule has 0 saturated carbocycles. The second kappa shape index (κ2) is 6.74. The fraction of sp³-hybridized carbons (Fsp3) is 0.462. The second-order valence-electron chi connectivity index (χ2n) is 4.13. The van der Waals surface area contributed by atoms with Gasteiger partial charge < -0.3 is 9.30 Å². The fourth-order valence-electron chi connectivity index (χ4n) is 1.94. The van der Waals surface area contributed by atoms with Crippen LogP contribution in [0.1, 0.15) is 6.92 Å².